The number of hydrogen-bond acceptors (Lipinski definition) is 3. The van der Waals surface area contributed by atoms with Crippen LogP contribution in [-0.4, -0.2) is 11.3 Å². The maximum Gasteiger partial charge on any atom is 0.150 e. The van der Waals surface area contributed by atoms with E-state index in [-0.39, 0.29) is 0 Å². The van der Waals surface area contributed by atoms with Crippen LogP contribution in [0.3, 0.4) is 0 Å². The number of benzene rings is 1. The second-order valence-corrected chi connectivity index (χ2v) is 4.22. The molecule has 0 amide bonds. The van der Waals surface area contributed by atoms with E-state index in [1.54, 1.807) is 11.3 Å². The van der Waals surface area contributed by atoms with Gasteiger partial charge in [-0.25, -0.2) is 4.98 Å². The predicted molar refractivity (Wildman–Crippen MR) is 57.7 cm³/mol. The van der Waals surface area contributed by atoms with E-state index in [0.29, 0.717) is 5.56 Å². The Bertz CT molecular complexity index is 445. The summed E-state index contributed by atoms with van der Waals surface area (Å²) in [5.41, 5.74) is 1.82. The minimum Gasteiger partial charge on any atom is -0.298 e. The van der Waals surface area contributed by atoms with Crippen molar-refractivity contribution < 1.29 is 4.79 Å². The zero-order valence-electron chi connectivity index (χ0n) is 7.73. The van der Waals surface area contributed by atoms with E-state index in [4.69, 9.17) is 0 Å². The van der Waals surface area contributed by atoms with Crippen molar-refractivity contribution in [3.8, 4) is 10.4 Å². The van der Waals surface area contributed by atoms with Gasteiger partial charge in [0.25, 0.3) is 0 Å². The third kappa shape index (κ3) is 1.72. The van der Waals surface area contributed by atoms with Crippen LogP contribution < -0.4 is 0 Å². The van der Waals surface area contributed by atoms with Crippen molar-refractivity contribution in [1.29, 1.82) is 0 Å². The summed E-state index contributed by atoms with van der Waals surface area (Å²) in [6, 6.07) is 7.52. The van der Waals surface area contributed by atoms with Crippen LogP contribution in [0.15, 0.2) is 30.5 Å². The first-order valence-corrected chi connectivity index (χ1v) is 5.09. The molecular weight excluding hydrogens is 194 g/mol. The van der Waals surface area contributed by atoms with E-state index in [9.17, 15) is 4.79 Å². The number of rotatable bonds is 2. The van der Waals surface area contributed by atoms with Gasteiger partial charge in [0.1, 0.15) is 6.29 Å². The molecule has 3 heteroatoms. The van der Waals surface area contributed by atoms with Gasteiger partial charge < -0.3 is 0 Å². The molecule has 2 aromatic rings. The molecule has 0 fully saturated rings. The number of aromatic nitrogens is 1. The van der Waals surface area contributed by atoms with E-state index in [0.717, 1.165) is 21.7 Å². The third-order valence-corrected chi connectivity index (χ3v) is 2.91. The van der Waals surface area contributed by atoms with Crippen molar-refractivity contribution in [1.82, 2.24) is 4.98 Å². The van der Waals surface area contributed by atoms with Gasteiger partial charge >= 0.3 is 0 Å². The van der Waals surface area contributed by atoms with E-state index in [2.05, 4.69) is 4.98 Å². The Labute approximate surface area is 86.2 Å². The van der Waals surface area contributed by atoms with Crippen LogP contribution in [0.1, 0.15) is 15.4 Å². The number of thiazole rings is 1. The summed E-state index contributed by atoms with van der Waals surface area (Å²) in [7, 11) is 0. The molecule has 0 atom stereocenters. The van der Waals surface area contributed by atoms with Crippen LogP contribution in [0, 0.1) is 6.92 Å². The van der Waals surface area contributed by atoms with Crippen molar-refractivity contribution in [3.63, 3.8) is 0 Å². The Morgan fingerprint density at radius 1 is 1.29 bits per heavy atom. The molecule has 0 spiro atoms. The second kappa shape index (κ2) is 3.72. The second-order valence-electron chi connectivity index (χ2n) is 2.98. The third-order valence-electron chi connectivity index (χ3n) is 1.95. The molecule has 2 nitrogen and oxygen atoms in total. The monoisotopic (exact) mass is 203 g/mol. The number of aldehydes is 1. The highest BCUT2D eigenvalue weighted by Gasteiger charge is 2.00. The SMILES string of the molecule is Cc1ncc(-c2ccc(C=O)cc2)s1. The molecule has 1 aromatic carbocycles. The maximum atomic E-state index is 10.4. The largest absolute Gasteiger partial charge is 0.298 e. The minimum atomic E-state index is 0.704. The molecular formula is C11H9NOS. The van der Waals surface area contributed by atoms with Crippen molar-refractivity contribution in [3.05, 3.63) is 41.0 Å². The summed E-state index contributed by atoms with van der Waals surface area (Å²) in [4.78, 5) is 15.8. The highest BCUT2D eigenvalue weighted by atomic mass is 32.1. The molecule has 1 aromatic heterocycles. The van der Waals surface area contributed by atoms with Crippen molar-refractivity contribution in [2.24, 2.45) is 0 Å². The van der Waals surface area contributed by atoms with Crippen LogP contribution in [0.25, 0.3) is 10.4 Å². The quantitative estimate of drug-likeness (QED) is 0.702. The lowest BCUT2D eigenvalue weighted by Crippen LogP contribution is -1.78. The molecule has 14 heavy (non-hydrogen) atoms. The molecule has 0 bridgehead atoms. The summed E-state index contributed by atoms with van der Waals surface area (Å²) in [6.07, 6.45) is 2.71. The molecule has 0 aliphatic heterocycles. The van der Waals surface area contributed by atoms with Crippen LogP contribution >= 0.6 is 11.3 Å². The van der Waals surface area contributed by atoms with Crippen molar-refractivity contribution >= 4 is 17.6 Å². The molecule has 0 radical (unpaired) electrons. The van der Waals surface area contributed by atoms with Gasteiger partial charge in [-0.05, 0) is 12.5 Å². The number of nitrogens with zero attached hydrogens (tertiary/aromatic N) is 1. The summed E-state index contributed by atoms with van der Waals surface area (Å²) in [5.74, 6) is 0. The minimum absolute atomic E-state index is 0.704. The van der Waals surface area contributed by atoms with Crippen LogP contribution in [-0.2, 0) is 0 Å². The maximum absolute atomic E-state index is 10.4. The molecule has 0 saturated carbocycles. The Hall–Kier alpha value is -1.48. The van der Waals surface area contributed by atoms with Gasteiger partial charge in [-0.15, -0.1) is 11.3 Å². The fourth-order valence-electron chi connectivity index (χ4n) is 1.22. The predicted octanol–water partition coefficient (Wildman–Crippen LogP) is 2.93. The standard InChI is InChI=1S/C11H9NOS/c1-8-12-6-11(14-8)10-4-2-9(7-13)3-5-10/h2-7H,1H3. The van der Waals surface area contributed by atoms with Gasteiger partial charge in [-0.3, -0.25) is 4.79 Å². The van der Waals surface area contributed by atoms with Gasteiger partial charge in [0.2, 0.25) is 0 Å². The first-order valence-electron chi connectivity index (χ1n) is 4.27. The van der Waals surface area contributed by atoms with Gasteiger partial charge in [0, 0.05) is 11.8 Å². The van der Waals surface area contributed by atoms with Gasteiger partial charge in [-0.2, -0.15) is 0 Å². The van der Waals surface area contributed by atoms with E-state index in [1.165, 1.54) is 0 Å². The van der Waals surface area contributed by atoms with Crippen molar-refractivity contribution in [2.45, 2.75) is 6.92 Å². The summed E-state index contributed by atoms with van der Waals surface area (Å²) in [5, 5.41) is 1.06. The summed E-state index contributed by atoms with van der Waals surface area (Å²) in [6.45, 7) is 1.98. The number of carbonyl (C=O) groups is 1. The van der Waals surface area contributed by atoms with E-state index >= 15 is 0 Å². The lowest BCUT2D eigenvalue weighted by atomic mass is 10.1. The first-order chi connectivity index (χ1) is 6.79. The molecule has 70 valence electrons. The average Bonchev–Trinajstić information content (AvgIpc) is 2.65. The normalized spacial score (nSPS) is 10.1. The Morgan fingerprint density at radius 3 is 2.50 bits per heavy atom. The topological polar surface area (TPSA) is 30.0 Å². The van der Waals surface area contributed by atoms with E-state index in [1.807, 2.05) is 37.4 Å². The summed E-state index contributed by atoms with van der Waals surface area (Å²) < 4.78 is 0. The molecule has 0 saturated heterocycles. The van der Waals surface area contributed by atoms with Crippen LogP contribution in [0.4, 0.5) is 0 Å². The highest BCUT2D eigenvalue weighted by molar-refractivity contribution is 7.15. The molecule has 0 unspecified atom stereocenters. The first kappa shape index (κ1) is 9.09. The van der Waals surface area contributed by atoms with E-state index < -0.39 is 0 Å². The smallest absolute Gasteiger partial charge is 0.150 e. The zero-order valence-corrected chi connectivity index (χ0v) is 8.54. The van der Waals surface area contributed by atoms with Crippen LogP contribution in [0.2, 0.25) is 0 Å². The molecule has 0 aliphatic rings. The molecule has 1 heterocycles. The fraction of sp³-hybridized carbons (Fsp3) is 0.0909. The number of hydrogen-bond donors (Lipinski definition) is 0. The Balaban J connectivity index is 2.38. The molecule has 0 N–H and O–H groups in total. The fourth-order valence-corrected chi connectivity index (χ4v) is 2.00. The van der Waals surface area contributed by atoms with Crippen molar-refractivity contribution in [2.75, 3.05) is 0 Å². The molecule has 2 rings (SSSR count). The lowest BCUT2D eigenvalue weighted by Gasteiger charge is -1.95. The van der Waals surface area contributed by atoms with Crippen LogP contribution in [0.5, 0.6) is 0 Å². The number of carbonyl (C=O) groups excluding carboxylic acids is 1. The Kier molecular flexibility index (Phi) is 2.41. The Morgan fingerprint density at radius 2 is 2.00 bits per heavy atom. The highest BCUT2D eigenvalue weighted by Crippen LogP contribution is 2.25. The van der Waals surface area contributed by atoms with Gasteiger partial charge in [-0.1, -0.05) is 24.3 Å². The average molecular weight is 203 g/mol. The van der Waals surface area contributed by atoms with Gasteiger partial charge in [0.15, 0.2) is 0 Å². The lowest BCUT2D eigenvalue weighted by molar-refractivity contribution is 0.112. The zero-order chi connectivity index (χ0) is 9.97. The number of aryl methyl sites for hydroxylation is 1. The summed E-state index contributed by atoms with van der Waals surface area (Å²) >= 11 is 1.65. The molecule has 0 aliphatic carbocycles. The van der Waals surface area contributed by atoms with Gasteiger partial charge in [0.05, 0.1) is 9.88 Å².